The highest BCUT2D eigenvalue weighted by molar-refractivity contribution is 4.92. The molecule has 1 fully saturated rings. The Labute approximate surface area is 112 Å². The van der Waals surface area contributed by atoms with E-state index in [4.69, 9.17) is 4.74 Å². The van der Waals surface area contributed by atoms with Crippen LogP contribution in [0.3, 0.4) is 0 Å². The average Bonchev–Trinajstić information content (AvgIpc) is 2.52. The van der Waals surface area contributed by atoms with Crippen LogP contribution in [-0.2, 0) is 4.74 Å². The van der Waals surface area contributed by atoms with Crippen molar-refractivity contribution in [3.63, 3.8) is 0 Å². The molecule has 0 amide bonds. The van der Waals surface area contributed by atoms with Crippen LogP contribution in [0.2, 0.25) is 0 Å². The molecule has 0 saturated heterocycles. The van der Waals surface area contributed by atoms with E-state index in [1.54, 1.807) is 7.11 Å². The molecule has 1 saturated carbocycles. The summed E-state index contributed by atoms with van der Waals surface area (Å²) in [5.41, 5.74) is 0.316. The van der Waals surface area contributed by atoms with Gasteiger partial charge in [0.25, 0.3) is 0 Å². The van der Waals surface area contributed by atoms with Crippen molar-refractivity contribution >= 4 is 0 Å². The van der Waals surface area contributed by atoms with Crippen LogP contribution >= 0.6 is 0 Å². The van der Waals surface area contributed by atoms with Gasteiger partial charge in [-0.1, -0.05) is 27.2 Å². The van der Waals surface area contributed by atoms with Gasteiger partial charge in [0.05, 0.1) is 13.2 Å². The molecule has 0 aromatic carbocycles. The smallest absolute Gasteiger partial charge is 0.0613 e. The fourth-order valence-electron chi connectivity index (χ4n) is 3.08. The zero-order valence-corrected chi connectivity index (χ0v) is 12.6. The number of nitrogens with one attached hydrogen (secondary N) is 1. The van der Waals surface area contributed by atoms with Gasteiger partial charge in [-0.25, -0.2) is 0 Å². The SMILES string of the molecule is COCCNC1(CO)CCCC(C(C)(C)C)CC1. The minimum atomic E-state index is -0.0709. The second-order valence-corrected chi connectivity index (χ2v) is 6.85. The first-order valence-electron chi connectivity index (χ1n) is 7.28. The van der Waals surface area contributed by atoms with Gasteiger partial charge < -0.3 is 15.2 Å². The molecule has 0 aromatic heterocycles. The van der Waals surface area contributed by atoms with Gasteiger partial charge in [-0.05, 0) is 37.0 Å². The third kappa shape index (κ3) is 4.52. The van der Waals surface area contributed by atoms with Gasteiger partial charge >= 0.3 is 0 Å². The molecule has 18 heavy (non-hydrogen) atoms. The normalized spacial score (nSPS) is 30.2. The zero-order valence-electron chi connectivity index (χ0n) is 12.6. The summed E-state index contributed by atoms with van der Waals surface area (Å²) in [6.07, 6.45) is 5.87. The molecule has 0 heterocycles. The van der Waals surface area contributed by atoms with Crippen molar-refractivity contribution in [2.45, 2.75) is 58.4 Å². The number of hydrogen-bond donors (Lipinski definition) is 2. The predicted octanol–water partition coefficient (Wildman–Crippen LogP) is 2.58. The van der Waals surface area contributed by atoms with Crippen molar-refractivity contribution in [3.8, 4) is 0 Å². The van der Waals surface area contributed by atoms with E-state index >= 15 is 0 Å². The first-order chi connectivity index (χ1) is 8.43. The molecule has 0 aromatic rings. The van der Waals surface area contributed by atoms with Gasteiger partial charge in [-0.3, -0.25) is 0 Å². The number of aliphatic hydroxyl groups excluding tert-OH is 1. The number of aliphatic hydroxyl groups is 1. The van der Waals surface area contributed by atoms with E-state index in [0.717, 1.165) is 25.3 Å². The Morgan fingerprint density at radius 2 is 2.00 bits per heavy atom. The number of hydrogen-bond acceptors (Lipinski definition) is 3. The maximum atomic E-state index is 9.75. The van der Waals surface area contributed by atoms with Crippen molar-refractivity contribution < 1.29 is 9.84 Å². The molecule has 108 valence electrons. The molecule has 0 radical (unpaired) electrons. The third-order valence-corrected chi connectivity index (χ3v) is 4.51. The molecule has 3 nitrogen and oxygen atoms in total. The molecule has 3 heteroatoms. The molecule has 0 spiro atoms. The van der Waals surface area contributed by atoms with Crippen LogP contribution in [0.15, 0.2) is 0 Å². The monoisotopic (exact) mass is 257 g/mol. The van der Waals surface area contributed by atoms with Gasteiger partial charge in [0.1, 0.15) is 0 Å². The summed E-state index contributed by atoms with van der Waals surface area (Å²) in [5, 5.41) is 13.3. The topological polar surface area (TPSA) is 41.5 Å². The van der Waals surface area contributed by atoms with Crippen molar-refractivity contribution in [3.05, 3.63) is 0 Å². The molecular weight excluding hydrogens is 226 g/mol. The lowest BCUT2D eigenvalue weighted by Crippen LogP contribution is -2.49. The van der Waals surface area contributed by atoms with Crippen LogP contribution < -0.4 is 5.32 Å². The largest absolute Gasteiger partial charge is 0.394 e. The Hall–Kier alpha value is -0.120. The predicted molar refractivity (Wildman–Crippen MR) is 75.7 cm³/mol. The van der Waals surface area contributed by atoms with Crippen LogP contribution in [0.25, 0.3) is 0 Å². The Morgan fingerprint density at radius 3 is 2.56 bits per heavy atom. The molecule has 2 atom stereocenters. The summed E-state index contributed by atoms with van der Waals surface area (Å²) in [4.78, 5) is 0. The van der Waals surface area contributed by atoms with E-state index in [-0.39, 0.29) is 12.1 Å². The van der Waals surface area contributed by atoms with Gasteiger partial charge in [0, 0.05) is 19.2 Å². The molecular formula is C15H31NO2. The van der Waals surface area contributed by atoms with Crippen LogP contribution in [0.1, 0.15) is 52.9 Å². The fourth-order valence-corrected chi connectivity index (χ4v) is 3.08. The van der Waals surface area contributed by atoms with Gasteiger partial charge in [-0.2, -0.15) is 0 Å². The molecule has 1 rings (SSSR count). The lowest BCUT2D eigenvalue weighted by molar-refractivity contribution is 0.121. The van der Waals surface area contributed by atoms with E-state index in [0.29, 0.717) is 12.0 Å². The number of rotatable bonds is 5. The van der Waals surface area contributed by atoms with Gasteiger partial charge in [-0.15, -0.1) is 0 Å². The van der Waals surface area contributed by atoms with Gasteiger partial charge in [0.2, 0.25) is 0 Å². The second kappa shape index (κ2) is 6.88. The minimum absolute atomic E-state index is 0.0709. The second-order valence-electron chi connectivity index (χ2n) is 6.85. The molecule has 2 unspecified atom stereocenters. The summed E-state index contributed by atoms with van der Waals surface area (Å²) in [7, 11) is 1.72. The lowest BCUT2D eigenvalue weighted by Gasteiger charge is -2.33. The number of ether oxygens (including phenoxy) is 1. The third-order valence-electron chi connectivity index (χ3n) is 4.51. The Bertz CT molecular complexity index is 237. The molecule has 2 N–H and O–H groups in total. The van der Waals surface area contributed by atoms with E-state index in [2.05, 4.69) is 26.1 Å². The van der Waals surface area contributed by atoms with Crippen LogP contribution in [0.5, 0.6) is 0 Å². The van der Waals surface area contributed by atoms with Crippen LogP contribution in [0.4, 0.5) is 0 Å². The summed E-state index contributed by atoms with van der Waals surface area (Å²) < 4.78 is 5.08. The molecule has 0 aliphatic heterocycles. The minimum Gasteiger partial charge on any atom is -0.394 e. The molecule has 0 bridgehead atoms. The van der Waals surface area contributed by atoms with E-state index in [9.17, 15) is 5.11 Å². The summed E-state index contributed by atoms with van der Waals surface area (Å²) in [5.74, 6) is 0.773. The highest BCUT2D eigenvalue weighted by atomic mass is 16.5. The van der Waals surface area contributed by atoms with E-state index in [1.807, 2.05) is 0 Å². The highest BCUT2D eigenvalue weighted by Gasteiger charge is 2.35. The summed E-state index contributed by atoms with van der Waals surface area (Å²) in [6.45, 7) is 8.79. The maximum absolute atomic E-state index is 9.75. The highest BCUT2D eigenvalue weighted by Crippen LogP contribution is 2.39. The summed E-state index contributed by atoms with van der Waals surface area (Å²) in [6, 6.07) is 0. The molecule has 1 aliphatic carbocycles. The van der Waals surface area contributed by atoms with Crippen molar-refractivity contribution in [2.24, 2.45) is 11.3 Å². The summed E-state index contributed by atoms with van der Waals surface area (Å²) >= 11 is 0. The fraction of sp³-hybridized carbons (Fsp3) is 1.00. The number of methoxy groups -OCH3 is 1. The van der Waals surface area contributed by atoms with E-state index < -0.39 is 0 Å². The Kier molecular flexibility index (Phi) is 6.09. The van der Waals surface area contributed by atoms with E-state index in [1.165, 1.54) is 19.3 Å². The standard InChI is InChI=1S/C15H31NO2/c1-14(2,3)13-6-5-8-15(12-17,9-7-13)16-10-11-18-4/h13,16-17H,5-12H2,1-4H3. The van der Waals surface area contributed by atoms with Crippen molar-refractivity contribution in [2.75, 3.05) is 26.9 Å². The van der Waals surface area contributed by atoms with Gasteiger partial charge in [0.15, 0.2) is 0 Å². The van der Waals surface area contributed by atoms with Crippen LogP contribution in [-0.4, -0.2) is 37.5 Å². The first-order valence-corrected chi connectivity index (χ1v) is 7.28. The quantitative estimate of drug-likeness (QED) is 0.587. The Balaban J connectivity index is 2.56. The molecule has 1 aliphatic rings. The Morgan fingerprint density at radius 1 is 1.28 bits per heavy atom. The van der Waals surface area contributed by atoms with Crippen molar-refractivity contribution in [1.82, 2.24) is 5.32 Å². The first kappa shape index (κ1) is 15.9. The lowest BCUT2D eigenvalue weighted by atomic mass is 9.76. The average molecular weight is 257 g/mol. The van der Waals surface area contributed by atoms with Crippen LogP contribution in [0, 0.1) is 11.3 Å². The maximum Gasteiger partial charge on any atom is 0.0613 e. The van der Waals surface area contributed by atoms with Crippen molar-refractivity contribution in [1.29, 1.82) is 0 Å². The zero-order chi connectivity index (χ0) is 13.6.